The molecule has 0 amide bonds. The van der Waals surface area contributed by atoms with Crippen LogP contribution in [0.3, 0.4) is 0 Å². The summed E-state index contributed by atoms with van der Waals surface area (Å²) in [5.41, 5.74) is 3.08. The molecular formula is C27H30F2N2O3. The van der Waals surface area contributed by atoms with Gasteiger partial charge in [-0.15, -0.1) is 0 Å². The van der Waals surface area contributed by atoms with Gasteiger partial charge in [0, 0.05) is 34.7 Å². The highest BCUT2D eigenvalue weighted by molar-refractivity contribution is 5.92. The van der Waals surface area contributed by atoms with Crippen molar-refractivity contribution in [3.8, 4) is 5.75 Å². The number of aryl methyl sites for hydroxylation is 1. The number of ether oxygens (including phenoxy) is 2. The zero-order valence-electron chi connectivity index (χ0n) is 19.4. The number of aromatic amines is 1. The van der Waals surface area contributed by atoms with E-state index in [4.69, 9.17) is 9.47 Å². The summed E-state index contributed by atoms with van der Waals surface area (Å²) < 4.78 is 38.8. The van der Waals surface area contributed by atoms with E-state index in [1.165, 1.54) is 31.7 Å². The number of nitrogens with one attached hydrogen (secondary N) is 1. The Bertz CT molecular complexity index is 1190. The molecule has 0 saturated heterocycles. The van der Waals surface area contributed by atoms with Crippen LogP contribution in [-0.2, 0) is 17.6 Å². The number of halogens is 2. The van der Waals surface area contributed by atoms with Gasteiger partial charge in [0.25, 0.3) is 0 Å². The number of fused-ring (bicyclic) bond motifs is 2. The molecule has 1 saturated carbocycles. The second kappa shape index (κ2) is 9.74. The third kappa shape index (κ3) is 4.41. The summed E-state index contributed by atoms with van der Waals surface area (Å²) >= 11 is 0. The molecule has 0 radical (unpaired) electrons. The quantitative estimate of drug-likeness (QED) is 0.355. The molecule has 2 aromatic carbocycles. The van der Waals surface area contributed by atoms with Crippen molar-refractivity contribution in [3.05, 3.63) is 64.9 Å². The minimum atomic E-state index is -0.467. The molecule has 7 heteroatoms. The van der Waals surface area contributed by atoms with Crippen LogP contribution in [-0.4, -0.2) is 48.2 Å². The lowest BCUT2D eigenvalue weighted by Crippen LogP contribution is -2.51. The van der Waals surface area contributed by atoms with Crippen LogP contribution < -0.4 is 4.74 Å². The summed E-state index contributed by atoms with van der Waals surface area (Å²) in [5, 5.41) is 0.950. The van der Waals surface area contributed by atoms with E-state index in [0.717, 1.165) is 55.1 Å². The van der Waals surface area contributed by atoms with E-state index in [1.807, 2.05) is 6.20 Å². The van der Waals surface area contributed by atoms with Crippen molar-refractivity contribution in [2.75, 3.05) is 20.3 Å². The second-order valence-corrected chi connectivity index (χ2v) is 9.35. The van der Waals surface area contributed by atoms with E-state index in [-0.39, 0.29) is 17.6 Å². The van der Waals surface area contributed by atoms with E-state index in [2.05, 4.69) is 9.88 Å². The monoisotopic (exact) mass is 468 g/mol. The van der Waals surface area contributed by atoms with Crippen LogP contribution in [0.2, 0.25) is 0 Å². The van der Waals surface area contributed by atoms with Crippen molar-refractivity contribution >= 4 is 16.9 Å². The number of hydrogen-bond donors (Lipinski definition) is 1. The van der Waals surface area contributed by atoms with Crippen LogP contribution in [0.25, 0.3) is 10.9 Å². The zero-order chi connectivity index (χ0) is 23.7. The Hall–Kier alpha value is -2.93. The summed E-state index contributed by atoms with van der Waals surface area (Å²) in [6.45, 7) is 1.32. The van der Waals surface area contributed by atoms with Crippen molar-refractivity contribution in [2.45, 2.75) is 57.0 Å². The molecule has 0 unspecified atom stereocenters. The Kier molecular flexibility index (Phi) is 6.55. The molecule has 3 aromatic rings. The number of H-pyrrole nitrogens is 1. The average molecular weight is 469 g/mol. The number of benzene rings is 2. The Balaban J connectivity index is 1.26. The number of aromatic nitrogens is 1. The van der Waals surface area contributed by atoms with E-state index < -0.39 is 11.8 Å². The van der Waals surface area contributed by atoms with Gasteiger partial charge >= 0.3 is 5.97 Å². The molecule has 1 aliphatic carbocycles. The molecule has 180 valence electrons. The Morgan fingerprint density at radius 2 is 2.03 bits per heavy atom. The van der Waals surface area contributed by atoms with E-state index in [0.29, 0.717) is 30.2 Å². The molecule has 1 fully saturated rings. The summed E-state index contributed by atoms with van der Waals surface area (Å²) in [7, 11) is 1.34. The minimum absolute atomic E-state index is 0.0881. The predicted molar refractivity (Wildman–Crippen MR) is 126 cm³/mol. The van der Waals surface area contributed by atoms with Crippen molar-refractivity contribution in [2.24, 2.45) is 0 Å². The largest absolute Gasteiger partial charge is 0.489 e. The number of carbonyl (C=O) groups is 1. The van der Waals surface area contributed by atoms with Gasteiger partial charge in [0.1, 0.15) is 12.4 Å². The topological polar surface area (TPSA) is 54.6 Å². The maximum Gasteiger partial charge on any atom is 0.338 e. The molecule has 0 bridgehead atoms. The molecule has 0 spiro atoms. The SMILES string of the molecule is COC(=O)c1ccc(F)c2c1C[C@H](N(CCCCc1c[nH]c3ccc(F)cc13)C1CCC1)CO2. The normalized spacial score (nSPS) is 17.9. The molecule has 34 heavy (non-hydrogen) atoms. The van der Waals surface area contributed by atoms with Crippen molar-refractivity contribution in [3.63, 3.8) is 0 Å². The molecule has 1 atom stereocenters. The minimum Gasteiger partial charge on any atom is -0.489 e. The summed E-state index contributed by atoms with van der Waals surface area (Å²) in [4.78, 5) is 18.0. The van der Waals surface area contributed by atoms with Crippen LogP contribution in [0.1, 0.15) is 53.6 Å². The Morgan fingerprint density at radius 1 is 1.18 bits per heavy atom. The number of unbranched alkanes of at least 4 members (excludes halogenated alkanes) is 1. The van der Waals surface area contributed by atoms with Crippen LogP contribution in [0.15, 0.2) is 36.5 Å². The first-order valence-electron chi connectivity index (χ1n) is 12.1. The fourth-order valence-electron chi connectivity index (χ4n) is 5.30. The summed E-state index contributed by atoms with van der Waals surface area (Å²) in [6, 6.07) is 8.18. The van der Waals surface area contributed by atoms with Crippen LogP contribution in [0.4, 0.5) is 8.78 Å². The van der Waals surface area contributed by atoms with Gasteiger partial charge in [0.05, 0.1) is 12.7 Å². The Morgan fingerprint density at radius 3 is 2.79 bits per heavy atom. The number of esters is 1. The van der Waals surface area contributed by atoms with Gasteiger partial charge in [-0.3, -0.25) is 4.90 Å². The highest BCUT2D eigenvalue weighted by Gasteiger charge is 2.35. The molecular weight excluding hydrogens is 438 g/mol. The van der Waals surface area contributed by atoms with Gasteiger partial charge < -0.3 is 14.5 Å². The highest BCUT2D eigenvalue weighted by atomic mass is 19.1. The first kappa shape index (κ1) is 22.8. The van der Waals surface area contributed by atoms with Crippen molar-refractivity contribution < 1.29 is 23.0 Å². The number of rotatable bonds is 8. The highest BCUT2D eigenvalue weighted by Crippen LogP contribution is 2.36. The van der Waals surface area contributed by atoms with Crippen molar-refractivity contribution in [1.29, 1.82) is 0 Å². The second-order valence-electron chi connectivity index (χ2n) is 9.35. The van der Waals surface area contributed by atoms with Gasteiger partial charge in [-0.2, -0.15) is 0 Å². The summed E-state index contributed by atoms with van der Waals surface area (Å²) in [5.74, 6) is -0.943. The number of carbonyl (C=O) groups excluding carboxylic acids is 1. The standard InChI is InChI=1S/C27H30F2N2O3/c1-33-27(32)21-9-10-24(29)26-23(21)14-20(16-34-26)31(19-6-4-7-19)12-3-2-5-17-15-30-25-11-8-18(28)13-22(17)25/h8-11,13,15,19-20,30H,2-7,12,14,16H2,1H3/t20-/m0/s1. The van der Waals surface area contributed by atoms with Gasteiger partial charge in [-0.25, -0.2) is 13.6 Å². The molecule has 1 N–H and O–H groups in total. The lowest BCUT2D eigenvalue weighted by Gasteiger charge is -2.44. The molecule has 2 aliphatic rings. The first-order chi connectivity index (χ1) is 16.5. The maximum absolute atomic E-state index is 14.4. The van der Waals surface area contributed by atoms with Gasteiger partial charge in [-0.05, 0) is 81.0 Å². The fourth-order valence-corrected chi connectivity index (χ4v) is 5.30. The molecule has 1 aromatic heterocycles. The maximum atomic E-state index is 14.4. The third-order valence-electron chi connectivity index (χ3n) is 7.33. The van der Waals surface area contributed by atoms with Crippen LogP contribution in [0.5, 0.6) is 5.75 Å². The van der Waals surface area contributed by atoms with E-state index in [1.54, 1.807) is 12.1 Å². The van der Waals surface area contributed by atoms with Crippen LogP contribution in [0, 0.1) is 11.6 Å². The summed E-state index contributed by atoms with van der Waals surface area (Å²) in [6.07, 6.45) is 8.92. The lowest BCUT2D eigenvalue weighted by molar-refractivity contribution is 0.0408. The zero-order valence-corrected chi connectivity index (χ0v) is 19.4. The Labute approximate surface area is 198 Å². The fraction of sp³-hybridized carbons (Fsp3) is 0.444. The van der Waals surface area contributed by atoms with Crippen LogP contribution >= 0.6 is 0 Å². The first-order valence-corrected chi connectivity index (χ1v) is 12.1. The number of nitrogens with zero attached hydrogens (tertiary/aromatic N) is 1. The van der Waals surface area contributed by atoms with E-state index >= 15 is 0 Å². The van der Waals surface area contributed by atoms with Gasteiger partial charge in [-0.1, -0.05) is 6.42 Å². The molecule has 5 rings (SSSR count). The average Bonchev–Trinajstić information content (AvgIpc) is 3.21. The number of methoxy groups -OCH3 is 1. The van der Waals surface area contributed by atoms with Crippen molar-refractivity contribution in [1.82, 2.24) is 9.88 Å². The number of hydrogen-bond acceptors (Lipinski definition) is 4. The molecule has 2 heterocycles. The molecule has 5 nitrogen and oxygen atoms in total. The lowest BCUT2D eigenvalue weighted by atomic mass is 9.87. The predicted octanol–water partition coefficient (Wildman–Crippen LogP) is 5.41. The van der Waals surface area contributed by atoms with Gasteiger partial charge in [0.15, 0.2) is 11.6 Å². The third-order valence-corrected chi connectivity index (χ3v) is 7.33. The molecule has 1 aliphatic heterocycles. The smallest absolute Gasteiger partial charge is 0.338 e. The van der Waals surface area contributed by atoms with E-state index in [9.17, 15) is 13.6 Å². The van der Waals surface area contributed by atoms with Gasteiger partial charge in [0.2, 0.25) is 0 Å².